The molecule has 0 radical (unpaired) electrons. The number of amides is 1. The maximum Gasteiger partial charge on any atom is 0.246 e. The maximum atomic E-state index is 11.4. The molecule has 1 saturated heterocycles. The monoisotopic (exact) mass is 249 g/mol. The Morgan fingerprint density at radius 1 is 1.38 bits per heavy atom. The van der Waals surface area contributed by atoms with Crippen molar-refractivity contribution in [2.45, 2.75) is 38.8 Å². The van der Waals surface area contributed by atoms with Crippen LogP contribution in [0.15, 0.2) is 0 Å². The number of hydrogen-bond acceptors (Lipinski definition) is 4. The third-order valence-electron chi connectivity index (χ3n) is 2.47. The van der Waals surface area contributed by atoms with Crippen molar-refractivity contribution in [3.8, 4) is 0 Å². The molecule has 0 aromatic heterocycles. The third kappa shape index (κ3) is 4.94. The van der Waals surface area contributed by atoms with Crippen molar-refractivity contribution in [2.24, 2.45) is 0 Å². The minimum atomic E-state index is -2.86. The lowest BCUT2D eigenvalue weighted by molar-refractivity contribution is -0.127. The van der Waals surface area contributed by atoms with E-state index in [9.17, 15) is 13.2 Å². The smallest absolute Gasteiger partial charge is 0.246 e. The summed E-state index contributed by atoms with van der Waals surface area (Å²) in [6.07, 6.45) is 1.04. The van der Waals surface area contributed by atoms with E-state index in [0.29, 0.717) is 12.8 Å². The number of rotatable bonds is 4. The fourth-order valence-electron chi connectivity index (χ4n) is 1.55. The lowest BCUT2D eigenvalue weighted by Crippen LogP contribution is -2.42. The van der Waals surface area contributed by atoms with Gasteiger partial charge in [-0.1, -0.05) is 0 Å². The molecule has 5 nitrogen and oxygen atoms in total. The second-order valence-corrected chi connectivity index (χ2v) is 6.66. The first-order valence-corrected chi connectivity index (χ1v) is 7.32. The predicted octanol–water partition coefficient (Wildman–Crippen LogP) is 0.105. The van der Waals surface area contributed by atoms with Crippen molar-refractivity contribution in [1.82, 2.24) is 5.32 Å². The average Bonchev–Trinajstić information content (AvgIpc) is 2.18. The summed E-state index contributed by atoms with van der Waals surface area (Å²) >= 11 is 0. The van der Waals surface area contributed by atoms with Crippen LogP contribution < -0.4 is 5.32 Å². The quantitative estimate of drug-likeness (QED) is 0.767. The number of carbonyl (C=O) groups is 1. The van der Waals surface area contributed by atoms with E-state index < -0.39 is 9.84 Å². The van der Waals surface area contributed by atoms with Crippen LogP contribution >= 0.6 is 0 Å². The van der Waals surface area contributed by atoms with E-state index in [1.54, 1.807) is 0 Å². The summed E-state index contributed by atoms with van der Waals surface area (Å²) in [7, 11) is -2.86. The maximum absolute atomic E-state index is 11.4. The van der Waals surface area contributed by atoms with Gasteiger partial charge < -0.3 is 10.1 Å². The van der Waals surface area contributed by atoms with Crippen molar-refractivity contribution < 1.29 is 17.9 Å². The van der Waals surface area contributed by atoms with Crippen LogP contribution in [0.1, 0.15) is 26.7 Å². The second kappa shape index (κ2) is 5.63. The zero-order chi connectivity index (χ0) is 12.2. The fourth-order valence-corrected chi connectivity index (χ4v) is 3.04. The molecule has 0 bridgehead atoms. The topological polar surface area (TPSA) is 72.5 Å². The molecule has 0 atom stereocenters. The van der Waals surface area contributed by atoms with Gasteiger partial charge in [0.2, 0.25) is 5.91 Å². The van der Waals surface area contributed by atoms with Gasteiger partial charge in [0.1, 0.15) is 16.4 Å². The number of hydrogen-bond donors (Lipinski definition) is 1. The molecule has 1 fully saturated rings. The fraction of sp³-hybridized carbons (Fsp3) is 0.900. The van der Waals surface area contributed by atoms with E-state index in [0.717, 1.165) is 0 Å². The molecule has 6 heteroatoms. The van der Waals surface area contributed by atoms with E-state index >= 15 is 0 Å². The summed E-state index contributed by atoms with van der Waals surface area (Å²) in [5.74, 6) is 0.171. The molecule has 0 saturated carbocycles. The van der Waals surface area contributed by atoms with E-state index in [-0.39, 0.29) is 36.2 Å². The van der Waals surface area contributed by atoms with Gasteiger partial charge >= 0.3 is 0 Å². The van der Waals surface area contributed by atoms with Gasteiger partial charge in [-0.15, -0.1) is 0 Å². The molecular formula is C10H19NO4S. The highest BCUT2D eigenvalue weighted by Gasteiger charge is 2.24. The minimum absolute atomic E-state index is 0.0215. The van der Waals surface area contributed by atoms with Crippen LogP contribution in [0.5, 0.6) is 0 Å². The average molecular weight is 249 g/mol. The van der Waals surface area contributed by atoms with Crippen molar-refractivity contribution in [1.29, 1.82) is 0 Å². The molecule has 1 aliphatic rings. The number of ether oxygens (including phenoxy) is 1. The SMILES string of the molecule is CC(C)OCC(=O)NC1CCS(=O)(=O)CC1. The third-order valence-corrected chi connectivity index (χ3v) is 4.18. The lowest BCUT2D eigenvalue weighted by atomic mass is 10.1. The predicted molar refractivity (Wildman–Crippen MR) is 60.9 cm³/mol. The van der Waals surface area contributed by atoms with E-state index in [1.165, 1.54) is 0 Å². The molecule has 0 aromatic rings. The van der Waals surface area contributed by atoms with Crippen LogP contribution in [-0.4, -0.2) is 44.6 Å². The van der Waals surface area contributed by atoms with Gasteiger partial charge in [-0.05, 0) is 26.7 Å². The normalized spacial score (nSPS) is 20.9. The number of nitrogens with one attached hydrogen (secondary N) is 1. The Hall–Kier alpha value is -0.620. The van der Waals surface area contributed by atoms with Crippen molar-refractivity contribution >= 4 is 15.7 Å². The highest BCUT2D eigenvalue weighted by molar-refractivity contribution is 7.91. The molecule has 16 heavy (non-hydrogen) atoms. The Kier molecular flexibility index (Phi) is 4.73. The Morgan fingerprint density at radius 3 is 2.44 bits per heavy atom. The summed E-state index contributed by atoms with van der Waals surface area (Å²) in [6.45, 7) is 3.77. The van der Waals surface area contributed by atoms with Crippen LogP contribution in [0.2, 0.25) is 0 Å². The molecule has 1 rings (SSSR count). The van der Waals surface area contributed by atoms with Crippen LogP contribution in [0.3, 0.4) is 0 Å². The van der Waals surface area contributed by atoms with Crippen LogP contribution in [0.4, 0.5) is 0 Å². The molecule has 1 N–H and O–H groups in total. The Bertz CT molecular complexity index is 323. The van der Waals surface area contributed by atoms with Crippen molar-refractivity contribution in [3.63, 3.8) is 0 Å². The van der Waals surface area contributed by atoms with Crippen molar-refractivity contribution in [2.75, 3.05) is 18.1 Å². The van der Waals surface area contributed by atoms with Gasteiger partial charge in [0.05, 0.1) is 17.6 Å². The van der Waals surface area contributed by atoms with Crippen LogP contribution in [0.25, 0.3) is 0 Å². The zero-order valence-corrected chi connectivity index (χ0v) is 10.5. The van der Waals surface area contributed by atoms with E-state index in [4.69, 9.17) is 4.74 Å². The summed E-state index contributed by atoms with van der Waals surface area (Å²) in [6, 6.07) is -0.0215. The molecule has 0 aliphatic carbocycles. The van der Waals surface area contributed by atoms with Crippen molar-refractivity contribution in [3.05, 3.63) is 0 Å². The lowest BCUT2D eigenvalue weighted by Gasteiger charge is -2.23. The molecule has 0 aromatic carbocycles. The van der Waals surface area contributed by atoms with Gasteiger partial charge in [0, 0.05) is 6.04 Å². The molecule has 1 aliphatic heterocycles. The first-order valence-electron chi connectivity index (χ1n) is 5.50. The first kappa shape index (κ1) is 13.4. The van der Waals surface area contributed by atoms with Crippen LogP contribution in [0, 0.1) is 0 Å². The highest BCUT2D eigenvalue weighted by atomic mass is 32.2. The van der Waals surface area contributed by atoms with E-state index in [2.05, 4.69) is 5.32 Å². The number of sulfone groups is 1. The largest absolute Gasteiger partial charge is 0.369 e. The molecule has 0 spiro atoms. The summed E-state index contributed by atoms with van der Waals surface area (Å²) in [5.41, 5.74) is 0. The summed E-state index contributed by atoms with van der Waals surface area (Å²) in [4.78, 5) is 11.4. The Balaban J connectivity index is 2.26. The van der Waals surface area contributed by atoms with Crippen LogP contribution in [-0.2, 0) is 19.4 Å². The van der Waals surface area contributed by atoms with E-state index in [1.807, 2.05) is 13.8 Å². The summed E-state index contributed by atoms with van der Waals surface area (Å²) in [5, 5.41) is 2.78. The molecule has 1 amide bonds. The second-order valence-electron chi connectivity index (χ2n) is 4.35. The van der Waals surface area contributed by atoms with Gasteiger partial charge in [-0.25, -0.2) is 8.42 Å². The highest BCUT2D eigenvalue weighted by Crippen LogP contribution is 2.11. The van der Waals surface area contributed by atoms with Gasteiger partial charge in [-0.3, -0.25) is 4.79 Å². The molecule has 0 unspecified atom stereocenters. The standard InChI is InChI=1S/C10H19NO4S/c1-8(2)15-7-10(12)11-9-3-5-16(13,14)6-4-9/h8-9H,3-7H2,1-2H3,(H,11,12). The Labute approximate surface area is 96.5 Å². The molecular weight excluding hydrogens is 230 g/mol. The molecule has 1 heterocycles. The van der Waals surface area contributed by atoms with Gasteiger partial charge in [-0.2, -0.15) is 0 Å². The number of carbonyl (C=O) groups excluding carboxylic acids is 1. The Morgan fingerprint density at radius 2 is 1.94 bits per heavy atom. The zero-order valence-electron chi connectivity index (χ0n) is 9.73. The van der Waals surface area contributed by atoms with Gasteiger partial charge in [0.15, 0.2) is 0 Å². The van der Waals surface area contributed by atoms with Gasteiger partial charge in [0.25, 0.3) is 0 Å². The minimum Gasteiger partial charge on any atom is -0.369 e. The molecule has 94 valence electrons. The first-order chi connectivity index (χ1) is 7.39. The summed E-state index contributed by atoms with van der Waals surface area (Å²) < 4.78 is 27.5.